The first kappa shape index (κ1) is 16.8. The van der Waals surface area contributed by atoms with Crippen molar-refractivity contribution in [1.29, 1.82) is 0 Å². The summed E-state index contributed by atoms with van der Waals surface area (Å²) >= 11 is 1.68. The summed E-state index contributed by atoms with van der Waals surface area (Å²) in [6, 6.07) is 9.67. The van der Waals surface area contributed by atoms with Crippen LogP contribution in [0.15, 0.2) is 46.4 Å². The van der Waals surface area contributed by atoms with E-state index in [1.807, 2.05) is 34.5 Å². The molecule has 1 aliphatic rings. The van der Waals surface area contributed by atoms with Crippen LogP contribution in [0.5, 0.6) is 0 Å². The summed E-state index contributed by atoms with van der Waals surface area (Å²) in [4.78, 5) is 26.9. The van der Waals surface area contributed by atoms with Gasteiger partial charge in [-0.2, -0.15) is 0 Å². The Morgan fingerprint density at radius 1 is 1.19 bits per heavy atom. The largest absolute Gasteiger partial charge is 0.469 e. The number of rotatable bonds is 3. The maximum Gasteiger partial charge on any atom is 0.255 e. The molecule has 0 radical (unpaired) electrons. The van der Waals surface area contributed by atoms with E-state index in [4.69, 9.17) is 4.42 Å². The highest BCUT2D eigenvalue weighted by Crippen LogP contribution is 2.23. The van der Waals surface area contributed by atoms with Gasteiger partial charge in [0.05, 0.1) is 11.8 Å². The molecule has 2 aromatic heterocycles. The number of carbonyl (C=O) groups excluding carboxylic acids is 2. The number of amides is 2. The van der Waals surface area contributed by atoms with Crippen LogP contribution in [-0.4, -0.2) is 35.8 Å². The Labute approximate surface area is 155 Å². The molecule has 4 rings (SSSR count). The molecule has 0 unspecified atom stereocenters. The summed E-state index contributed by atoms with van der Waals surface area (Å²) in [5, 5.41) is 6.19. The van der Waals surface area contributed by atoms with Crippen LogP contribution < -0.4 is 5.32 Å². The van der Waals surface area contributed by atoms with E-state index >= 15 is 0 Å². The van der Waals surface area contributed by atoms with Crippen LogP contribution in [0, 0.1) is 6.92 Å². The number of furan rings is 1. The van der Waals surface area contributed by atoms with E-state index < -0.39 is 0 Å². The molecule has 3 aromatic rings. The van der Waals surface area contributed by atoms with E-state index in [2.05, 4.69) is 5.32 Å². The van der Waals surface area contributed by atoms with Crippen molar-refractivity contribution in [1.82, 2.24) is 10.2 Å². The van der Waals surface area contributed by atoms with Gasteiger partial charge in [0.1, 0.15) is 5.76 Å². The standard InChI is InChI=1S/C20H20N2O3S/c1-13-17(6-10-25-13)19(23)21-16-4-8-22(9-5-16)20(24)15-2-3-18-14(12-15)7-11-26-18/h2-3,6-7,10-12,16H,4-5,8-9H2,1H3,(H,21,23). The van der Waals surface area contributed by atoms with E-state index in [1.165, 1.54) is 11.0 Å². The van der Waals surface area contributed by atoms with Gasteiger partial charge < -0.3 is 14.6 Å². The number of likely N-dealkylation sites (tertiary alicyclic amines) is 1. The molecule has 3 heterocycles. The third-order valence-electron chi connectivity index (χ3n) is 4.92. The molecular formula is C20H20N2O3S. The smallest absolute Gasteiger partial charge is 0.255 e. The van der Waals surface area contributed by atoms with Gasteiger partial charge in [0.15, 0.2) is 0 Å². The molecule has 2 amide bonds. The van der Waals surface area contributed by atoms with Crippen molar-refractivity contribution < 1.29 is 14.0 Å². The number of hydrogen-bond acceptors (Lipinski definition) is 4. The maximum atomic E-state index is 12.8. The highest BCUT2D eigenvalue weighted by Gasteiger charge is 2.25. The number of aryl methyl sites for hydroxylation is 1. The highest BCUT2D eigenvalue weighted by atomic mass is 32.1. The average Bonchev–Trinajstić information content (AvgIpc) is 3.29. The molecule has 5 nitrogen and oxygen atoms in total. The predicted octanol–water partition coefficient (Wildman–Crippen LogP) is 3.84. The lowest BCUT2D eigenvalue weighted by Crippen LogP contribution is -2.46. The number of thiophene rings is 1. The molecule has 6 heteroatoms. The van der Waals surface area contributed by atoms with Crippen molar-refractivity contribution in [3.8, 4) is 0 Å². The fourth-order valence-corrected chi connectivity index (χ4v) is 4.16. The first-order valence-electron chi connectivity index (χ1n) is 8.73. The molecule has 0 bridgehead atoms. The van der Waals surface area contributed by atoms with Crippen molar-refractivity contribution in [3.63, 3.8) is 0 Å². The molecule has 134 valence electrons. The topological polar surface area (TPSA) is 62.6 Å². The Balaban J connectivity index is 1.36. The summed E-state index contributed by atoms with van der Waals surface area (Å²) in [7, 11) is 0. The number of nitrogens with one attached hydrogen (secondary N) is 1. The zero-order valence-corrected chi connectivity index (χ0v) is 15.3. The number of hydrogen-bond donors (Lipinski definition) is 1. The molecule has 1 N–H and O–H groups in total. The maximum absolute atomic E-state index is 12.8. The summed E-state index contributed by atoms with van der Waals surface area (Å²) in [5.74, 6) is 0.580. The lowest BCUT2D eigenvalue weighted by Gasteiger charge is -2.32. The van der Waals surface area contributed by atoms with Crippen LogP contribution in [0.2, 0.25) is 0 Å². The van der Waals surface area contributed by atoms with Gasteiger partial charge in [0.2, 0.25) is 0 Å². The van der Waals surface area contributed by atoms with Gasteiger partial charge in [0.25, 0.3) is 11.8 Å². The van der Waals surface area contributed by atoms with Gasteiger partial charge in [-0.15, -0.1) is 11.3 Å². The molecule has 0 aliphatic carbocycles. The summed E-state index contributed by atoms with van der Waals surface area (Å²) in [6.45, 7) is 3.08. The third-order valence-corrected chi connectivity index (χ3v) is 5.82. The SMILES string of the molecule is Cc1occc1C(=O)NC1CCN(C(=O)c2ccc3sccc3c2)CC1. The Morgan fingerprint density at radius 2 is 2.00 bits per heavy atom. The molecule has 0 atom stereocenters. The molecule has 1 saturated heterocycles. The lowest BCUT2D eigenvalue weighted by atomic mass is 10.0. The van der Waals surface area contributed by atoms with Gasteiger partial charge in [-0.1, -0.05) is 0 Å². The normalized spacial score (nSPS) is 15.3. The van der Waals surface area contributed by atoms with Crippen LogP contribution in [0.4, 0.5) is 0 Å². The second-order valence-electron chi connectivity index (χ2n) is 6.60. The van der Waals surface area contributed by atoms with Crippen molar-refractivity contribution in [3.05, 3.63) is 58.9 Å². The fraction of sp³-hybridized carbons (Fsp3) is 0.300. The Kier molecular flexibility index (Phi) is 4.51. The molecular weight excluding hydrogens is 348 g/mol. The number of benzene rings is 1. The minimum atomic E-state index is -0.107. The van der Waals surface area contributed by atoms with Crippen molar-refractivity contribution in [2.75, 3.05) is 13.1 Å². The predicted molar refractivity (Wildman–Crippen MR) is 102 cm³/mol. The van der Waals surface area contributed by atoms with Crippen molar-refractivity contribution in [2.24, 2.45) is 0 Å². The number of nitrogens with zero attached hydrogens (tertiary/aromatic N) is 1. The molecule has 0 saturated carbocycles. The van der Waals surface area contributed by atoms with Crippen molar-refractivity contribution in [2.45, 2.75) is 25.8 Å². The lowest BCUT2D eigenvalue weighted by molar-refractivity contribution is 0.0698. The molecule has 26 heavy (non-hydrogen) atoms. The first-order chi connectivity index (χ1) is 12.6. The van der Waals surface area contributed by atoms with Gasteiger partial charge >= 0.3 is 0 Å². The van der Waals surface area contributed by atoms with E-state index in [9.17, 15) is 9.59 Å². The zero-order valence-electron chi connectivity index (χ0n) is 14.5. The Bertz CT molecular complexity index is 951. The first-order valence-corrected chi connectivity index (χ1v) is 9.61. The monoisotopic (exact) mass is 368 g/mol. The summed E-state index contributed by atoms with van der Waals surface area (Å²) in [6.07, 6.45) is 3.04. The zero-order chi connectivity index (χ0) is 18.1. The molecule has 1 aliphatic heterocycles. The molecule has 1 aromatic carbocycles. The van der Waals surface area contributed by atoms with E-state index in [0.717, 1.165) is 23.8 Å². The minimum Gasteiger partial charge on any atom is -0.469 e. The third kappa shape index (κ3) is 3.24. The van der Waals surface area contributed by atoms with Crippen LogP contribution >= 0.6 is 11.3 Å². The number of carbonyl (C=O) groups is 2. The average molecular weight is 368 g/mol. The van der Waals surface area contributed by atoms with Gasteiger partial charge in [0, 0.05) is 29.4 Å². The van der Waals surface area contributed by atoms with Gasteiger partial charge in [-0.3, -0.25) is 9.59 Å². The van der Waals surface area contributed by atoms with Crippen LogP contribution in [-0.2, 0) is 0 Å². The fourth-order valence-electron chi connectivity index (χ4n) is 3.39. The molecule has 0 spiro atoms. The Hall–Kier alpha value is -2.60. The number of fused-ring (bicyclic) bond motifs is 1. The van der Waals surface area contributed by atoms with Crippen LogP contribution in [0.1, 0.15) is 39.3 Å². The van der Waals surface area contributed by atoms with Crippen LogP contribution in [0.3, 0.4) is 0 Å². The second kappa shape index (κ2) is 6.96. The van der Waals surface area contributed by atoms with Gasteiger partial charge in [-0.05, 0) is 60.9 Å². The van der Waals surface area contributed by atoms with E-state index in [1.54, 1.807) is 24.3 Å². The number of piperidine rings is 1. The second-order valence-corrected chi connectivity index (χ2v) is 7.55. The Morgan fingerprint density at radius 3 is 2.73 bits per heavy atom. The van der Waals surface area contributed by atoms with Crippen molar-refractivity contribution >= 4 is 33.2 Å². The van der Waals surface area contributed by atoms with E-state index in [-0.39, 0.29) is 17.9 Å². The van der Waals surface area contributed by atoms with E-state index in [0.29, 0.717) is 24.4 Å². The summed E-state index contributed by atoms with van der Waals surface area (Å²) < 4.78 is 6.38. The summed E-state index contributed by atoms with van der Waals surface area (Å²) in [5.41, 5.74) is 1.31. The molecule has 1 fully saturated rings. The quantitative estimate of drug-likeness (QED) is 0.764. The highest BCUT2D eigenvalue weighted by molar-refractivity contribution is 7.17. The van der Waals surface area contributed by atoms with Crippen LogP contribution in [0.25, 0.3) is 10.1 Å². The minimum absolute atomic E-state index is 0.0635. The van der Waals surface area contributed by atoms with Gasteiger partial charge in [-0.25, -0.2) is 0 Å².